The third kappa shape index (κ3) is 5.99. The first-order valence-corrected chi connectivity index (χ1v) is 7.27. The van der Waals surface area contributed by atoms with E-state index in [9.17, 15) is 13.2 Å². The maximum atomic E-state index is 11.9. The molecule has 0 radical (unpaired) electrons. The van der Waals surface area contributed by atoms with Gasteiger partial charge in [0.1, 0.15) is 0 Å². The van der Waals surface area contributed by atoms with Gasteiger partial charge in [0, 0.05) is 13.1 Å². The first kappa shape index (κ1) is 16.3. The molecule has 0 saturated carbocycles. The molecule has 102 valence electrons. The quantitative estimate of drug-likeness (QED) is 0.619. The fourth-order valence-corrected chi connectivity index (χ4v) is 3.02. The van der Waals surface area contributed by atoms with Crippen molar-refractivity contribution in [1.82, 2.24) is 4.31 Å². The molecule has 0 heterocycles. The zero-order valence-electron chi connectivity index (χ0n) is 10.3. The molecule has 0 aromatic rings. The SMILES string of the molecule is CCCCS(=O)(=O)N(CCO)CC(C)C(=O)O. The molecule has 0 aliphatic carbocycles. The van der Waals surface area contributed by atoms with Crippen molar-refractivity contribution in [3.8, 4) is 0 Å². The molecule has 0 rings (SSSR count). The summed E-state index contributed by atoms with van der Waals surface area (Å²) in [5.41, 5.74) is 0. The summed E-state index contributed by atoms with van der Waals surface area (Å²) in [4.78, 5) is 10.7. The monoisotopic (exact) mass is 267 g/mol. The topological polar surface area (TPSA) is 94.9 Å². The molecule has 0 fully saturated rings. The summed E-state index contributed by atoms with van der Waals surface area (Å²) in [6, 6.07) is 0. The zero-order chi connectivity index (χ0) is 13.5. The number of rotatable bonds is 9. The summed E-state index contributed by atoms with van der Waals surface area (Å²) < 4.78 is 24.8. The summed E-state index contributed by atoms with van der Waals surface area (Å²) >= 11 is 0. The van der Waals surface area contributed by atoms with E-state index in [1.54, 1.807) is 0 Å². The average molecular weight is 267 g/mol. The van der Waals surface area contributed by atoms with E-state index in [0.29, 0.717) is 6.42 Å². The van der Waals surface area contributed by atoms with Crippen LogP contribution < -0.4 is 0 Å². The van der Waals surface area contributed by atoms with Gasteiger partial charge in [-0.15, -0.1) is 0 Å². The third-order valence-corrected chi connectivity index (χ3v) is 4.32. The van der Waals surface area contributed by atoms with E-state index < -0.39 is 21.9 Å². The van der Waals surface area contributed by atoms with Crippen molar-refractivity contribution in [2.45, 2.75) is 26.7 Å². The van der Waals surface area contributed by atoms with E-state index in [4.69, 9.17) is 10.2 Å². The second-order valence-electron chi connectivity index (χ2n) is 3.99. The number of nitrogens with zero attached hydrogens (tertiary/aromatic N) is 1. The lowest BCUT2D eigenvalue weighted by Crippen LogP contribution is -2.40. The molecule has 0 spiro atoms. The Kier molecular flexibility index (Phi) is 7.33. The van der Waals surface area contributed by atoms with Crippen LogP contribution >= 0.6 is 0 Å². The van der Waals surface area contributed by atoms with E-state index in [1.807, 2.05) is 6.92 Å². The average Bonchev–Trinajstić information content (AvgIpc) is 2.25. The van der Waals surface area contributed by atoms with Crippen molar-refractivity contribution in [2.75, 3.05) is 25.4 Å². The Morgan fingerprint density at radius 1 is 1.41 bits per heavy atom. The third-order valence-electron chi connectivity index (χ3n) is 2.40. The highest BCUT2D eigenvalue weighted by atomic mass is 32.2. The molecule has 0 aliphatic heterocycles. The number of carboxylic acids is 1. The van der Waals surface area contributed by atoms with Gasteiger partial charge < -0.3 is 10.2 Å². The smallest absolute Gasteiger partial charge is 0.307 e. The van der Waals surface area contributed by atoms with Crippen LogP contribution in [-0.2, 0) is 14.8 Å². The van der Waals surface area contributed by atoms with Crippen molar-refractivity contribution in [2.24, 2.45) is 5.92 Å². The van der Waals surface area contributed by atoms with E-state index >= 15 is 0 Å². The fourth-order valence-electron chi connectivity index (χ4n) is 1.29. The lowest BCUT2D eigenvalue weighted by Gasteiger charge is -2.22. The van der Waals surface area contributed by atoms with E-state index in [0.717, 1.165) is 10.7 Å². The highest BCUT2D eigenvalue weighted by Gasteiger charge is 2.25. The Morgan fingerprint density at radius 3 is 2.41 bits per heavy atom. The number of unbranched alkanes of at least 4 members (excludes halogenated alkanes) is 1. The Bertz CT molecular complexity index is 328. The molecule has 0 saturated heterocycles. The van der Waals surface area contributed by atoms with Gasteiger partial charge in [0.25, 0.3) is 0 Å². The van der Waals surface area contributed by atoms with Crippen LogP contribution in [0.4, 0.5) is 0 Å². The van der Waals surface area contributed by atoms with Gasteiger partial charge in [0.15, 0.2) is 0 Å². The number of hydrogen-bond acceptors (Lipinski definition) is 4. The van der Waals surface area contributed by atoms with Crippen LogP contribution in [0.2, 0.25) is 0 Å². The number of carboxylic acid groups (broad SMARTS) is 1. The maximum Gasteiger partial charge on any atom is 0.307 e. The van der Waals surface area contributed by atoms with Crippen LogP contribution in [0, 0.1) is 5.92 Å². The number of carbonyl (C=O) groups is 1. The molecular formula is C10H21NO5S. The molecule has 1 atom stereocenters. The largest absolute Gasteiger partial charge is 0.481 e. The van der Waals surface area contributed by atoms with Crippen molar-refractivity contribution in [3.63, 3.8) is 0 Å². The maximum absolute atomic E-state index is 11.9. The molecule has 0 aliphatic rings. The lowest BCUT2D eigenvalue weighted by atomic mass is 10.2. The van der Waals surface area contributed by atoms with Gasteiger partial charge >= 0.3 is 5.97 Å². The van der Waals surface area contributed by atoms with Gasteiger partial charge in [-0.1, -0.05) is 20.3 Å². The number of aliphatic hydroxyl groups is 1. The molecule has 0 bridgehead atoms. The highest BCUT2D eigenvalue weighted by Crippen LogP contribution is 2.09. The summed E-state index contributed by atoms with van der Waals surface area (Å²) in [6.45, 7) is 2.87. The van der Waals surface area contributed by atoms with E-state index in [-0.39, 0.29) is 25.4 Å². The van der Waals surface area contributed by atoms with Crippen LogP contribution in [0.5, 0.6) is 0 Å². The molecule has 1 unspecified atom stereocenters. The molecule has 6 nitrogen and oxygen atoms in total. The summed E-state index contributed by atoms with van der Waals surface area (Å²) in [6.07, 6.45) is 1.28. The normalized spacial score (nSPS) is 13.9. The van der Waals surface area contributed by atoms with Crippen LogP contribution in [0.25, 0.3) is 0 Å². The van der Waals surface area contributed by atoms with E-state index in [2.05, 4.69) is 0 Å². The van der Waals surface area contributed by atoms with Gasteiger partial charge in [0.05, 0.1) is 18.3 Å². The zero-order valence-corrected chi connectivity index (χ0v) is 11.1. The Morgan fingerprint density at radius 2 is 2.00 bits per heavy atom. The van der Waals surface area contributed by atoms with Crippen LogP contribution in [0.1, 0.15) is 26.7 Å². The molecular weight excluding hydrogens is 246 g/mol. The number of sulfonamides is 1. The first-order valence-electron chi connectivity index (χ1n) is 5.66. The predicted molar refractivity (Wildman–Crippen MR) is 64.2 cm³/mol. The first-order chi connectivity index (χ1) is 7.85. The minimum absolute atomic E-state index is 0.00413. The van der Waals surface area contributed by atoms with Gasteiger partial charge in [-0.05, 0) is 6.42 Å². The molecule has 0 aromatic heterocycles. The van der Waals surface area contributed by atoms with Crippen LogP contribution in [0.3, 0.4) is 0 Å². The lowest BCUT2D eigenvalue weighted by molar-refractivity contribution is -0.141. The van der Waals surface area contributed by atoms with Gasteiger partial charge in [0.2, 0.25) is 10.0 Å². The van der Waals surface area contributed by atoms with Crippen molar-refractivity contribution in [3.05, 3.63) is 0 Å². The molecule has 0 amide bonds. The predicted octanol–water partition coefficient (Wildman–Crippen LogP) is 0.131. The van der Waals surface area contributed by atoms with Crippen LogP contribution in [-0.4, -0.2) is 54.4 Å². The second kappa shape index (κ2) is 7.62. The fraction of sp³-hybridized carbons (Fsp3) is 0.900. The summed E-state index contributed by atoms with van der Waals surface area (Å²) in [5.74, 6) is -1.83. The Hall–Kier alpha value is -0.660. The summed E-state index contributed by atoms with van der Waals surface area (Å²) in [5, 5.41) is 17.6. The minimum atomic E-state index is -3.47. The molecule has 0 aromatic carbocycles. The Labute approximate surface area is 102 Å². The molecule has 7 heteroatoms. The van der Waals surface area contributed by atoms with Gasteiger partial charge in [-0.2, -0.15) is 4.31 Å². The molecule has 17 heavy (non-hydrogen) atoms. The number of hydrogen-bond donors (Lipinski definition) is 2. The number of aliphatic hydroxyl groups excluding tert-OH is 1. The van der Waals surface area contributed by atoms with Crippen LogP contribution in [0.15, 0.2) is 0 Å². The van der Waals surface area contributed by atoms with Gasteiger partial charge in [-0.25, -0.2) is 8.42 Å². The Balaban J connectivity index is 4.66. The number of aliphatic carboxylic acids is 1. The highest BCUT2D eigenvalue weighted by molar-refractivity contribution is 7.89. The van der Waals surface area contributed by atoms with E-state index in [1.165, 1.54) is 6.92 Å². The van der Waals surface area contributed by atoms with Gasteiger partial charge in [-0.3, -0.25) is 4.79 Å². The molecule has 2 N–H and O–H groups in total. The second-order valence-corrected chi connectivity index (χ2v) is 6.08. The van der Waals surface area contributed by atoms with Crippen molar-refractivity contribution >= 4 is 16.0 Å². The van der Waals surface area contributed by atoms with Crippen molar-refractivity contribution < 1.29 is 23.4 Å². The standard InChI is InChI=1S/C10H21NO5S/c1-3-4-7-17(15,16)11(5-6-12)8-9(2)10(13)14/h9,12H,3-8H2,1-2H3,(H,13,14). The summed E-state index contributed by atoms with van der Waals surface area (Å²) in [7, 11) is -3.47. The minimum Gasteiger partial charge on any atom is -0.481 e. The van der Waals surface area contributed by atoms with Crippen molar-refractivity contribution in [1.29, 1.82) is 0 Å².